The molecule has 1 aliphatic rings. The highest BCUT2D eigenvalue weighted by molar-refractivity contribution is 6.31. The van der Waals surface area contributed by atoms with E-state index in [0.29, 0.717) is 33.1 Å². The predicted octanol–water partition coefficient (Wildman–Crippen LogP) is 3.64. The number of halogens is 1. The third-order valence-electron chi connectivity index (χ3n) is 4.79. The fourth-order valence-electron chi connectivity index (χ4n) is 3.47. The molecule has 0 bridgehead atoms. The zero-order chi connectivity index (χ0) is 19.3. The SMILES string of the molecule is COc1ccc([C@H]2c3c(oc4ccc(Cl)cc4c3=O)C(=O)N2C)cc1OC. The van der Waals surface area contributed by atoms with Gasteiger partial charge in [-0.1, -0.05) is 17.7 Å². The molecule has 0 spiro atoms. The van der Waals surface area contributed by atoms with Crippen LogP contribution in [0.4, 0.5) is 0 Å². The lowest BCUT2D eigenvalue weighted by atomic mass is 9.98. The topological polar surface area (TPSA) is 69.0 Å². The molecule has 2 aromatic carbocycles. The molecule has 0 aliphatic carbocycles. The lowest BCUT2D eigenvalue weighted by Gasteiger charge is -2.21. The van der Waals surface area contributed by atoms with Crippen LogP contribution < -0.4 is 14.9 Å². The van der Waals surface area contributed by atoms with E-state index >= 15 is 0 Å². The first kappa shape index (κ1) is 17.4. The smallest absolute Gasteiger partial charge is 0.290 e. The lowest BCUT2D eigenvalue weighted by Crippen LogP contribution is -2.25. The van der Waals surface area contributed by atoms with Gasteiger partial charge in [-0.2, -0.15) is 0 Å². The second-order valence-electron chi connectivity index (χ2n) is 6.25. The van der Waals surface area contributed by atoms with Crippen molar-refractivity contribution < 1.29 is 18.7 Å². The first-order valence-electron chi connectivity index (χ1n) is 8.21. The fraction of sp³-hybridized carbons (Fsp3) is 0.200. The summed E-state index contributed by atoms with van der Waals surface area (Å²) >= 11 is 6.04. The van der Waals surface area contributed by atoms with E-state index < -0.39 is 6.04 Å². The molecule has 0 N–H and O–H groups in total. The molecule has 7 heteroatoms. The summed E-state index contributed by atoms with van der Waals surface area (Å²) < 4.78 is 16.4. The number of ether oxygens (including phenoxy) is 2. The molecule has 1 atom stereocenters. The van der Waals surface area contributed by atoms with Crippen molar-refractivity contribution in [1.29, 1.82) is 0 Å². The van der Waals surface area contributed by atoms with Crippen LogP contribution in [0, 0.1) is 0 Å². The maximum Gasteiger partial charge on any atom is 0.290 e. The summed E-state index contributed by atoms with van der Waals surface area (Å²) in [6, 6.07) is 9.47. The number of amides is 1. The Morgan fingerprint density at radius 3 is 2.48 bits per heavy atom. The van der Waals surface area contributed by atoms with Crippen LogP contribution in [0.5, 0.6) is 11.5 Å². The van der Waals surface area contributed by atoms with Crippen molar-refractivity contribution in [2.45, 2.75) is 6.04 Å². The van der Waals surface area contributed by atoms with Crippen LogP contribution in [0.15, 0.2) is 45.6 Å². The number of methoxy groups -OCH3 is 2. The van der Waals surface area contributed by atoms with E-state index in [4.69, 9.17) is 25.5 Å². The quantitative estimate of drug-likeness (QED) is 0.688. The molecular weight excluding hydrogens is 370 g/mol. The fourth-order valence-corrected chi connectivity index (χ4v) is 3.65. The van der Waals surface area contributed by atoms with E-state index in [1.165, 1.54) is 12.0 Å². The molecular formula is C20H16ClNO5. The normalized spacial score (nSPS) is 15.9. The standard InChI is InChI=1S/C20H16ClNO5/c1-22-17(10-4-6-14(25-2)15(8-10)26-3)16-18(23)12-9-11(21)5-7-13(12)27-19(16)20(22)24/h4-9,17H,1-3H3/t17-/m0/s1. The Bertz CT molecular complexity index is 1140. The molecule has 0 radical (unpaired) electrons. The second-order valence-corrected chi connectivity index (χ2v) is 6.68. The van der Waals surface area contributed by atoms with Crippen molar-refractivity contribution in [3.63, 3.8) is 0 Å². The Kier molecular flexibility index (Phi) is 4.08. The van der Waals surface area contributed by atoms with Gasteiger partial charge in [0.15, 0.2) is 16.9 Å². The van der Waals surface area contributed by atoms with Gasteiger partial charge in [0.2, 0.25) is 5.76 Å². The van der Waals surface area contributed by atoms with Crippen LogP contribution in [-0.2, 0) is 0 Å². The minimum Gasteiger partial charge on any atom is -0.493 e. The van der Waals surface area contributed by atoms with Gasteiger partial charge in [0.05, 0.1) is 31.2 Å². The Morgan fingerprint density at radius 2 is 1.78 bits per heavy atom. The molecule has 2 heterocycles. The lowest BCUT2D eigenvalue weighted by molar-refractivity contribution is 0.0771. The number of rotatable bonds is 3. The molecule has 6 nitrogen and oxygen atoms in total. The van der Waals surface area contributed by atoms with Crippen molar-refractivity contribution in [1.82, 2.24) is 4.90 Å². The number of carbonyl (C=O) groups excluding carboxylic acids is 1. The van der Waals surface area contributed by atoms with E-state index in [-0.39, 0.29) is 17.1 Å². The maximum atomic E-state index is 13.2. The van der Waals surface area contributed by atoms with E-state index in [2.05, 4.69) is 0 Å². The van der Waals surface area contributed by atoms with Gasteiger partial charge in [-0.3, -0.25) is 9.59 Å². The molecule has 1 amide bonds. The average molecular weight is 386 g/mol. The maximum absolute atomic E-state index is 13.2. The summed E-state index contributed by atoms with van der Waals surface area (Å²) in [4.78, 5) is 27.4. The third kappa shape index (κ3) is 2.56. The molecule has 0 saturated heterocycles. The van der Waals surface area contributed by atoms with Gasteiger partial charge < -0.3 is 18.8 Å². The van der Waals surface area contributed by atoms with Gasteiger partial charge >= 0.3 is 0 Å². The number of nitrogens with zero attached hydrogens (tertiary/aromatic N) is 1. The Balaban J connectivity index is 1.98. The number of benzene rings is 2. The highest BCUT2D eigenvalue weighted by atomic mass is 35.5. The van der Waals surface area contributed by atoms with E-state index in [1.807, 2.05) is 0 Å². The highest BCUT2D eigenvalue weighted by Gasteiger charge is 2.41. The Morgan fingerprint density at radius 1 is 1.04 bits per heavy atom. The molecule has 138 valence electrons. The first-order chi connectivity index (χ1) is 13.0. The minimum atomic E-state index is -0.591. The molecule has 4 rings (SSSR count). The number of hydrogen-bond acceptors (Lipinski definition) is 5. The van der Waals surface area contributed by atoms with E-state index in [1.54, 1.807) is 50.6 Å². The monoisotopic (exact) mass is 385 g/mol. The van der Waals surface area contributed by atoms with Crippen LogP contribution in [0.3, 0.4) is 0 Å². The summed E-state index contributed by atoms with van der Waals surface area (Å²) in [6.07, 6.45) is 0. The van der Waals surface area contributed by atoms with Crippen LogP contribution in [0.2, 0.25) is 5.02 Å². The minimum absolute atomic E-state index is 0.0529. The van der Waals surface area contributed by atoms with E-state index in [0.717, 1.165) is 5.56 Å². The molecule has 1 aromatic heterocycles. The molecule has 0 fully saturated rings. The Labute approximate surface area is 159 Å². The summed E-state index contributed by atoms with van der Waals surface area (Å²) in [5, 5.41) is 0.768. The van der Waals surface area contributed by atoms with Gasteiger partial charge in [-0.15, -0.1) is 0 Å². The molecule has 1 aliphatic heterocycles. The van der Waals surface area contributed by atoms with Crippen LogP contribution >= 0.6 is 11.6 Å². The zero-order valence-corrected chi connectivity index (χ0v) is 15.7. The summed E-state index contributed by atoms with van der Waals surface area (Å²) in [6.45, 7) is 0. The van der Waals surface area contributed by atoms with Crippen molar-refractivity contribution >= 4 is 28.5 Å². The number of hydrogen-bond donors (Lipinski definition) is 0. The molecule has 3 aromatic rings. The van der Waals surface area contributed by atoms with Crippen molar-refractivity contribution in [2.75, 3.05) is 21.3 Å². The predicted molar refractivity (Wildman–Crippen MR) is 101 cm³/mol. The zero-order valence-electron chi connectivity index (χ0n) is 14.9. The molecule has 0 unspecified atom stereocenters. The van der Waals surface area contributed by atoms with Crippen LogP contribution in [0.25, 0.3) is 11.0 Å². The average Bonchev–Trinajstić information content (AvgIpc) is 2.93. The number of carbonyl (C=O) groups is 1. The van der Waals surface area contributed by atoms with Crippen LogP contribution in [-0.4, -0.2) is 32.1 Å². The second kappa shape index (κ2) is 6.32. The highest BCUT2D eigenvalue weighted by Crippen LogP contribution is 2.40. The third-order valence-corrected chi connectivity index (χ3v) is 5.02. The van der Waals surface area contributed by atoms with Crippen molar-refractivity contribution in [3.05, 3.63) is 68.5 Å². The van der Waals surface area contributed by atoms with Crippen LogP contribution in [0.1, 0.15) is 27.7 Å². The van der Waals surface area contributed by atoms with Gasteiger partial charge in [0, 0.05) is 12.1 Å². The molecule has 27 heavy (non-hydrogen) atoms. The Hall–Kier alpha value is -2.99. The first-order valence-corrected chi connectivity index (χ1v) is 8.59. The number of fused-ring (bicyclic) bond motifs is 2. The van der Waals surface area contributed by atoms with Gasteiger partial charge in [-0.05, 0) is 35.9 Å². The van der Waals surface area contributed by atoms with Gasteiger partial charge in [-0.25, -0.2) is 0 Å². The summed E-state index contributed by atoms with van der Waals surface area (Å²) in [7, 11) is 4.71. The molecule has 0 saturated carbocycles. The van der Waals surface area contributed by atoms with Crippen molar-refractivity contribution in [2.24, 2.45) is 0 Å². The summed E-state index contributed by atoms with van der Waals surface area (Å²) in [5.74, 6) is 0.777. The summed E-state index contributed by atoms with van der Waals surface area (Å²) in [5.41, 5.74) is 1.07. The van der Waals surface area contributed by atoms with E-state index in [9.17, 15) is 9.59 Å². The van der Waals surface area contributed by atoms with Gasteiger partial charge in [0.25, 0.3) is 5.91 Å². The van der Waals surface area contributed by atoms with Gasteiger partial charge in [0.1, 0.15) is 5.58 Å². The largest absolute Gasteiger partial charge is 0.493 e. The van der Waals surface area contributed by atoms with Crippen molar-refractivity contribution in [3.8, 4) is 11.5 Å².